The third-order valence-electron chi connectivity index (χ3n) is 5.45. The maximum absolute atomic E-state index is 12.8. The Morgan fingerprint density at radius 1 is 1.07 bits per heavy atom. The zero-order chi connectivity index (χ0) is 21.3. The predicted octanol–water partition coefficient (Wildman–Crippen LogP) is 4.25. The van der Waals surface area contributed by atoms with E-state index in [1.807, 2.05) is 18.2 Å². The third-order valence-corrected chi connectivity index (χ3v) is 8.13. The van der Waals surface area contributed by atoms with Crippen molar-refractivity contribution in [2.75, 3.05) is 31.1 Å². The average molecular weight is 514 g/mol. The second kappa shape index (κ2) is 8.86. The van der Waals surface area contributed by atoms with Crippen molar-refractivity contribution in [1.29, 1.82) is 0 Å². The summed E-state index contributed by atoms with van der Waals surface area (Å²) in [5.41, 5.74) is 2.00. The number of rotatable bonds is 5. The second-order valence-electron chi connectivity index (χ2n) is 7.41. The molecule has 6 nitrogen and oxygen atoms in total. The summed E-state index contributed by atoms with van der Waals surface area (Å²) in [4.78, 5) is 14.5. The van der Waals surface area contributed by atoms with Gasteiger partial charge >= 0.3 is 0 Å². The number of amides is 1. The quantitative estimate of drug-likeness (QED) is 0.600. The Labute approximate surface area is 189 Å². The minimum atomic E-state index is -3.57. The van der Waals surface area contributed by atoms with Gasteiger partial charge in [-0.05, 0) is 61.2 Å². The van der Waals surface area contributed by atoms with Crippen molar-refractivity contribution in [2.24, 2.45) is 0 Å². The lowest BCUT2D eigenvalue weighted by Crippen LogP contribution is -2.35. The Balaban J connectivity index is 1.43. The Hall–Kier alpha value is -1.61. The number of sulfonamides is 1. The molecule has 1 amide bonds. The number of hydrogen-bond acceptors (Lipinski definition) is 4. The molecular weight excluding hydrogens is 492 g/mol. The Kier molecular flexibility index (Phi) is 6.39. The first kappa shape index (κ1) is 21.6. The van der Waals surface area contributed by atoms with Crippen molar-refractivity contribution in [2.45, 2.75) is 30.6 Å². The van der Waals surface area contributed by atoms with E-state index in [9.17, 15) is 13.2 Å². The van der Waals surface area contributed by atoms with E-state index in [2.05, 4.69) is 15.9 Å². The molecule has 30 heavy (non-hydrogen) atoms. The van der Waals surface area contributed by atoms with Gasteiger partial charge in [0.05, 0.1) is 9.92 Å². The van der Waals surface area contributed by atoms with E-state index in [0.717, 1.165) is 41.4 Å². The first-order chi connectivity index (χ1) is 14.4. The van der Waals surface area contributed by atoms with Crippen LogP contribution in [0.5, 0.6) is 5.75 Å². The molecule has 0 radical (unpaired) electrons. The van der Waals surface area contributed by atoms with Gasteiger partial charge in [0, 0.05) is 29.8 Å². The molecule has 0 bridgehead atoms. The number of carbonyl (C=O) groups is 1. The van der Waals surface area contributed by atoms with E-state index in [1.54, 1.807) is 4.90 Å². The van der Waals surface area contributed by atoms with Gasteiger partial charge < -0.3 is 9.64 Å². The van der Waals surface area contributed by atoms with Crippen molar-refractivity contribution < 1.29 is 17.9 Å². The summed E-state index contributed by atoms with van der Waals surface area (Å²) in [6.07, 6.45) is 3.58. The van der Waals surface area contributed by atoms with Crippen molar-refractivity contribution in [1.82, 2.24) is 4.31 Å². The molecule has 2 heterocycles. The summed E-state index contributed by atoms with van der Waals surface area (Å²) in [7, 11) is -3.57. The summed E-state index contributed by atoms with van der Waals surface area (Å²) in [6.45, 7) is 1.49. The summed E-state index contributed by atoms with van der Waals surface area (Å²) < 4.78 is 33.7. The van der Waals surface area contributed by atoms with Gasteiger partial charge in [0.15, 0.2) is 6.61 Å². The van der Waals surface area contributed by atoms with E-state index >= 15 is 0 Å². The van der Waals surface area contributed by atoms with Gasteiger partial charge in [-0.25, -0.2) is 8.42 Å². The van der Waals surface area contributed by atoms with Crippen LogP contribution in [-0.2, 0) is 21.2 Å². The highest BCUT2D eigenvalue weighted by atomic mass is 79.9. The molecule has 1 saturated heterocycles. The fourth-order valence-electron chi connectivity index (χ4n) is 3.86. The van der Waals surface area contributed by atoms with E-state index in [1.165, 1.54) is 22.5 Å². The lowest BCUT2D eigenvalue weighted by atomic mass is 10.2. The molecule has 160 valence electrons. The van der Waals surface area contributed by atoms with Crippen molar-refractivity contribution in [3.63, 3.8) is 0 Å². The molecule has 4 rings (SSSR count). The number of piperidine rings is 1. The third kappa shape index (κ3) is 4.37. The van der Waals surface area contributed by atoms with Gasteiger partial charge in [-0.15, -0.1) is 0 Å². The van der Waals surface area contributed by atoms with Crippen LogP contribution >= 0.6 is 27.5 Å². The zero-order valence-corrected chi connectivity index (χ0v) is 19.5. The first-order valence-corrected chi connectivity index (χ1v) is 12.5. The van der Waals surface area contributed by atoms with E-state index in [0.29, 0.717) is 19.6 Å². The van der Waals surface area contributed by atoms with Crippen LogP contribution < -0.4 is 9.64 Å². The number of nitrogens with zero attached hydrogens (tertiary/aromatic N) is 2. The van der Waals surface area contributed by atoms with Crippen LogP contribution in [0.2, 0.25) is 5.02 Å². The lowest BCUT2D eigenvalue weighted by Gasteiger charge is -2.26. The van der Waals surface area contributed by atoms with Crippen molar-refractivity contribution >= 4 is 49.1 Å². The number of halogens is 2. The van der Waals surface area contributed by atoms with Crippen LogP contribution in [0.25, 0.3) is 0 Å². The van der Waals surface area contributed by atoms with Gasteiger partial charge in [-0.3, -0.25) is 4.79 Å². The van der Waals surface area contributed by atoms with Gasteiger partial charge in [0.1, 0.15) is 5.75 Å². The molecule has 0 atom stereocenters. The smallest absolute Gasteiger partial charge is 0.264 e. The average Bonchev–Trinajstić information content (AvgIpc) is 3.16. The molecule has 2 aromatic rings. The number of fused-ring (bicyclic) bond motifs is 1. The maximum atomic E-state index is 12.8. The Bertz CT molecular complexity index is 1070. The van der Waals surface area contributed by atoms with E-state index in [-0.39, 0.29) is 28.2 Å². The monoisotopic (exact) mass is 512 g/mol. The minimum Gasteiger partial charge on any atom is -0.482 e. The number of hydrogen-bond donors (Lipinski definition) is 0. The Morgan fingerprint density at radius 3 is 2.57 bits per heavy atom. The molecule has 0 spiro atoms. The summed E-state index contributed by atoms with van der Waals surface area (Å²) in [6, 6.07) is 10.2. The standard InChI is InChI=1S/C21H22BrClN2O4S/c22-16-4-6-19-15(12-16)8-11-25(19)21(26)14-29-20-7-5-17(13-18(20)23)30(27,28)24-9-2-1-3-10-24/h4-7,12-13H,1-3,8-11,14H2. The molecule has 2 aromatic carbocycles. The van der Waals surface area contributed by atoms with Crippen LogP contribution in [0.4, 0.5) is 5.69 Å². The van der Waals surface area contributed by atoms with E-state index in [4.69, 9.17) is 16.3 Å². The molecule has 9 heteroatoms. The van der Waals surface area contributed by atoms with Gasteiger partial charge in [0.25, 0.3) is 5.91 Å². The minimum absolute atomic E-state index is 0.145. The molecule has 2 aliphatic rings. The number of anilines is 1. The second-order valence-corrected chi connectivity index (χ2v) is 10.7. The summed E-state index contributed by atoms with van der Waals surface area (Å²) >= 11 is 9.73. The number of carbonyl (C=O) groups excluding carboxylic acids is 1. The highest BCUT2D eigenvalue weighted by molar-refractivity contribution is 9.10. The molecule has 0 unspecified atom stereocenters. The molecule has 1 fully saturated rings. The zero-order valence-electron chi connectivity index (χ0n) is 16.3. The van der Waals surface area contributed by atoms with Crippen LogP contribution in [0.1, 0.15) is 24.8 Å². The van der Waals surface area contributed by atoms with Crippen LogP contribution in [0.15, 0.2) is 45.8 Å². The lowest BCUT2D eigenvalue weighted by molar-refractivity contribution is -0.120. The fraction of sp³-hybridized carbons (Fsp3) is 0.381. The summed E-state index contributed by atoms with van der Waals surface area (Å²) in [5, 5.41) is 0.173. The molecule has 2 aliphatic heterocycles. The molecule has 0 aromatic heterocycles. The molecule has 0 N–H and O–H groups in total. The van der Waals surface area contributed by atoms with Gasteiger partial charge in [-0.2, -0.15) is 4.31 Å². The highest BCUT2D eigenvalue weighted by Crippen LogP contribution is 2.32. The Morgan fingerprint density at radius 2 is 1.83 bits per heavy atom. The normalized spacial score (nSPS) is 17.1. The number of benzene rings is 2. The fourth-order valence-corrected chi connectivity index (χ4v) is 6.11. The van der Waals surface area contributed by atoms with Crippen LogP contribution in [-0.4, -0.2) is 44.9 Å². The topological polar surface area (TPSA) is 66.9 Å². The van der Waals surface area contributed by atoms with Crippen LogP contribution in [0.3, 0.4) is 0 Å². The van der Waals surface area contributed by atoms with Crippen molar-refractivity contribution in [3.05, 3.63) is 51.5 Å². The van der Waals surface area contributed by atoms with Crippen LogP contribution in [0, 0.1) is 0 Å². The largest absolute Gasteiger partial charge is 0.482 e. The summed E-state index contributed by atoms with van der Waals surface area (Å²) in [5.74, 6) is 0.120. The number of ether oxygens (including phenoxy) is 1. The molecule has 0 saturated carbocycles. The molecule has 0 aliphatic carbocycles. The van der Waals surface area contributed by atoms with Crippen molar-refractivity contribution in [3.8, 4) is 5.75 Å². The predicted molar refractivity (Wildman–Crippen MR) is 120 cm³/mol. The SMILES string of the molecule is O=C(COc1ccc(S(=O)(=O)N2CCCCC2)cc1Cl)N1CCc2cc(Br)ccc21. The highest BCUT2D eigenvalue weighted by Gasteiger charge is 2.27. The van der Waals surface area contributed by atoms with Gasteiger partial charge in [-0.1, -0.05) is 34.0 Å². The first-order valence-electron chi connectivity index (χ1n) is 9.87. The van der Waals surface area contributed by atoms with Gasteiger partial charge in [0.2, 0.25) is 10.0 Å². The van der Waals surface area contributed by atoms with E-state index < -0.39 is 10.0 Å². The molecular formula is C21H22BrClN2O4S. The maximum Gasteiger partial charge on any atom is 0.264 e.